The van der Waals surface area contributed by atoms with Gasteiger partial charge in [-0.05, 0) is 56.2 Å². The summed E-state index contributed by atoms with van der Waals surface area (Å²) in [5.41, 5.74) is 2.54. The third-order valence-corrected chi connectivity index (χ3v) is 8.69. The second kappa shape index (κ2) is 8.80. The van der Waals surface area contributed by atoms with Gasteiger partial charge in [-0.25, -0.2) is 8.42 Å². The van der Waals surface area contributed by atoms with E-state index in [1.807, 2.05) is 38.1 Å². The van der Waals surface area contributed by atoms with Crippen molar-refractivity contribution in [2.24, 2.45) is 0 Å². The highest BCUT2D eigenvalue weighted by atomic mass is 32.2. The Balaban J connectivity index is 1.50. The summed E-state index contributed by atoms with van der Waals surface area (Å²) in [5, 5.41) is 0. The zero-order valence-corrected chi connectivity index (χ0v) is 20.1. The number of thiazole rings is 1. The van der Waals surface area contributed by atoms with Crippen LogP contribution in [0.15, 0.2) is 52.2 Å². The van der Waals surface area contributed by atoms with E-state index in [4.69, 9.17) is 0 Å². The summed E-state index contributed by atoms with van der Waals surface area (Å²) in [7, 11) is -3.71. The molecule has 1 fully saturated rings. The van der Waals surface area contributed by atoms with Crippen LogP contribution in [0.2, 0.25) is 0 Å². The summed E-state index contributed by atoms with van der Waals surface area (Å²) < 4.78 is 30.2. The molecule has 1 amide bonds. The van der Waals surface area contributed by atoms with Crippen molar-refractivity contribution < 1.29 is 13.2 Å². The first-order valence-electron chi connectivity index (χ1n) is 10.8. The van der Waals surface area contributed by atoms with Crippen LogP contribution in [0, 0.1) is 0 Å². The molecule has 0 atom stereocenters. The highest BCUT2D eigenvalue weighted by Crippen LogP contribution is 2.26. The van der Waals surface area contributed by atoms with Crippen LogP contribution in [0.4, 0.5) is 0 Å². The lowest BCUT2D eigenvalue weighted by Crippen LogP contribution is -2.50. The van der Waals surface area contributed by atoms with Gasteiger partial charge >= 0.3 is 4.87 Å². The molecule has 32 heavy (non-hydrogen) atoms. The lowest BCUT2D eigenvalue weighted by molar-refractivity contribution is 0.0698. The largest absolute Gasteiger partial charge is 0.336 e. The molecule has 4 rings (SSSR count). The Morgan fingerprint density at radius 1 is 1.03 bits per heavy atom. The Morgan fingerprint density at radius 2 is 1.69 bits per heavy atom. The van der Waals surface area contributed by atoms with E-state index in [2.05, 4.69) is 6.92 Å². The summed E-state index contributed by atoms with van der Waals surface area (Å²) in [4.78, 5) is 26.9. The third kappa shape index (κ3) is 4.12. The predicted octanol–water partition coefficient (Wildman–Crippen LogP) is 3.35. The maximum Gasteiger partial charge on any atom is 0.308 e. The van der Waals surface area contributed by atoms with Gasteiger partial charge in [0.25, 0.3) is 5.91 Å². The Labute approximate surface area is 191 Å². The van der Waals surface area contributed by atoms with Crippen LogP contribution in [0.25, 0.3) is 10.2 Å². The van der Waals surface area contributed by atoms with E-state index in [9.17, 15) is 18.0 Å². The number of sulfonamides is 1. The van der Waals surface area contributed by atoms with Gasteiger partial charge in [-0.15, -0.1) is 0 Å². The number of piperazine rings is 1. The molecule has 3 aromatic rings. The van der Waals surface area contributed by atoms with Gasteiger partial charge < -0.3 is 4.90 Å². The van der Waals surface area contributed by atoms with E-state index in [-0.39, 0.29) is 34.8 Å². The molecule has 2 aromatic carbocycles. The summed E-state index contributed by atoms with van der Waals surface area (Å²) in [6.07, 6.45) is 0.913. The number of aryl methyl sites for hydroxylation is 1. The van der Waals surface area contributed by atoms with Crippen molar-refractivity contribution >= 4 is 37.5 Å². The number of carbonyl (C=O) groups is 1. The minimum Gasteiger partial charge on any atom is -0.336 e. The molecule has 0 unspecified atom stereocenters. The molecule has 0 aliphatic carbocycles. The molecule has 170 valence electrons. The van der Waals surface area contributed by atoms with Crippen LogP contribution in [0.3, 0.4) is 0 Å². The van der Waals surface area contributed by atoms with Crippen molar-refractivity contribution in [3.05, 3.63) is 63.3 Å². The fourth-order valence-electron chi connectivity index (χ4n) is 4.01. The van der Waals surface area contributed by atoms with Gasteiger partial charge in [0.2, 0.25) is 10.0 Å². The molecule has 0 N–H and O–H groups in total. The van der Waals surface area contributed by atoms with Crippen molar-refractivity contribution in [3.63, 3.8) is 0 Å². The number of rotatable bonds is 5. The molecular weight excluding hydrogens is 446 g/mol. The molecule has 0 spiro atoms. The molecule has 1 aliphatic rings. The minimum absolute atomic E-state index is 0.00231. The first-order valence-corrected chi connectivity index (χ1v) is 13.0. The van der Waals surface area contributed by atoms with Gasteiger partial charge in [-0.2, -0.15) is 4.31 Å². The molecule has 0 saturated carbocycles. The number of benzene rings is 2. The lowest BCUT2D eigenvalue weighted by atomic mass is 10.1. The number of aromatic nitrogens is 1. The number of hydrogen-bond acceptors (Lipinski definition) is 5. The third-order valence-electron chi connectivity index (χ3n) is 5.87. The molecule has 1 aliphatic heterocycles. The van der Waals surface area contributed by atoms with Gasteiger partial charge in [-0.1, -0.05) is 30.4 Å². The first-order chi connectivity index (χ1) is 15.2. The van der Waals surface area contributed by atoms with Crippen molar-refractivity contribution in [1.82, 2.24) is 13.8 Å². The average molecular weight is 474 g/mol. The maximum atomic E-state index is 13.2. The van der Waals surface area contributed by atoms with Gasteiger partial charge in [0.05, 0.1) is 15.1 Å². The second-order valence-electron chi connectivity index (χ2n) is 8.21. The van der Waals surface area contributed by atoms with Crippen molar-refractivity contribution in [1.29, 1.82) is 0 Å². The van der Waals surface area contributed by atoms with Crippen LogP contribution < -0.4 is 4.87 Å². The SMILES string of the molecule is CCc1ccc(C(=O)N2CCN(S(=O)(=O)c3ccc4c(c3)sc(=O)n4C(C)C)CC2)cc1. The average Bonchev–Trinajstić information content (AvgIpc) is 3.13. The molecule has 2 heterocycles. The number of carbonyl (C=O) groups excluding carboxylic acids is 1. The first kappa shape index (κ1) is 22.7. The lowest BCUT2D eigenvalue weighted by Gasteiger charge is -2.34. The molecule has 7 nitrogen and oxygen atoms in total. The number of hydrogen-bond donors (Lipinski definition) is 0. The van der Waals surface area contributed by atoms with E-state index in [0.29, 0.717) is 23.4 Å². The summed E-state index contributed by atoms with van der Waals surface area (Å²) in [6, 6.07) is 12.4. The number of fused-ring (bicyclic) bond motifs is 1. The molecule has 0 bridgehead atoms. The van der Waals surface area contributed by atoms with E-state index in [1.54, 1.807) is 27.7 Å². The van der Waals surface area contributed by atoms with Gasteiger partial charge in [-0.3, -0.25) is 14.2 Å². The summed E-state index contributed by atoms with van der Waals surface area (Å²) in [6.45, 7) is 7.08. The Morgan fingerprint density at radius 3 is 2.28 bits per heavy atom. The van der Waals surface area contributed by atoms with Gasteiger partial charge in [0.1, 0.15) is 0 Å². The van der Waals surface area contributed by atoms with E-state index in [1.165, 1.54) is 9.87 Å². The fourth-order valence-corrected chi connectivity index (χ4v) is 6.59. The van der Waals surface area contributed by atoms with Crippen LogP contribution in [0.1, 0.15) is 42.7 Å². The summed E-state index contributed by atoms with van der Waals surface area (Å²) in [5.74, 6) is -0.0779. The maximum absolute atomic E-state index is 13.2. The van der Waals surface area contributed by atoms with E-state index in [0.717, 1.165) is 23.3 Å². The zero-order valence-electron chi connectivity index (χ0n) is 18.4. The zero-order chi connectivity index (χ0) is 23.0. The smallest absolute Gasteiger partial charge is 0.308 e. The summed E-state index contributed by atoms with van der Waals surface area (Å²) >= 11 is 1.06. The van der Waals surface area contributed by atoms with Crippen molar-refractivity contribution in [3.8, 4) is 0 Å². The Bertz CT molecular complexity index is 1300. The highest BCUT2D eigenvalue weighted by molar-refractivity contribution is 7.89. The molecule has 1 saturated heterocycles. The Kier molecular flexibility index (Phi) is 6.24. The van der Waals surface area contributed by atoms with Crippen LogP contribution in [-0.4, -0.2) is 54.3 Å². The molecular formula is C23H27N3O4S2. The number of amides is 1. The normalized spacial score (nSPS) is 15.6. The molecule has 0 radical (unpaired) electrons. The van der Waals surface area contributed by atoms with Gasteiger partial charge in [0.15, 0.2) is 0 Å². The second-order valence-corrected chi connectivity index (χ2v) is 11.1. The predicted molar refractivity (Wildman–Crippen MR) is 127 cm³/mol. The van der Waals surface area contributed by atoms with Crippen LogP contribution in [0.5, 0.6) is 0 Å². The minimum atomic E-state index is -3.71. The van der Waals surface area contributed by atoms with Crippen LogP contribution in [-0.2, 0) is 16.4 Å². The van der Waals surface area contributed by atoms with E-state index >= 15 is 0 Å². The molecule has 1 aromatic heterocycles. The van der Waals surface area contributed by atoms with E-state index < -0.39 is 10.0 Å². The number of nitrogens with zero attached hydrogens (tertiary/aromatic N) is 3. The van der Waals surface area contributed by atoms with Crippen LogP contribution >= 0.6 is 11.3 Å². The molecule has 9 heteroatoms. The fraction of sp³-hybridized carbons (Fsp3) is 0.391. The van der Waals surface area contributed by atoms with Crippen molar-refractivity contribution in [2.45, 2.75) is 38.1 Å². The monoisotopic (exact) mass is 473 g/mol. The quantitative estimate of drug-likeness (QED) is 0.569. The highest BCUT2D eigenvalue weighted by Gasteiger charge is 2.31. The standard InChI is InChI=1S/C23H27N3O4S2/c1-4-17-5-7-18(8-6-17)22(27)24-11-13-25(14-12-24)32(29,30)19-9-10-20-21(15-19)31-23(28)26(20)16(2)3/h5-10,15-16H,4,11-14H2,1-3H3. The van der Waals surface area contributed by atoms with Gasteiger partial charge in [0, 0.05) is 37.8 Å². The Hall–Kier alpha value is -2.49. The topological polar surface area (TPSA) is 79.7 Å². The van der Waals surface area contributed by atoms with Crippen molar-refractivity contribution in [2.75, 3.05) is 26.2 Å².